The number of hydrogen-bond acceptors (Lipinski definition) is 3. The molecule has 1 aliphatic rings. The van der Waals surface area contributed by atoms with E-state index >= 15 is 0 Å². The number of rotatable bonds is 4. The Morgan fingerprint density at radius 2 is 2.08 bits per heavy atom. The molecule has 12 heavy (non-hydrogen) atoms. The first-order valence-corrected chi connectivity index (χ1v) is 6.41. The SMILES string of the molecule is CS(=O)(=O)CCC(O)C1CCC1. The summed E-state index contributed by atoms with van der Waals surface area (Å²) in [7, 11) is -2.90. The van der Waals surface area contributed by atoms with Crippen LogP contribution in [-0.2, 0) is 9.84 Å². The zero-order chi connectivity index (χ0) is 9.19. The Labute approximate surface area is 73.7 Å². The molecule has 0 spiro atoms. The summed E-state index contributed by atoms with van der Waals surface area (Å²) < 4.78 is 21.5. The van der Waals surface area contributed by atoms with Crippen LogP contribution in [0.5, 0.6) is 0 Å². The Hall–Kier alpha value is -0.0900. The molecule has 4 heteroatoms. The first kappa shape index (κ1) is 9.99. The first-order chi connectivity index (χ1) is 5.49. The summed E-state index contributed by atoms with van der Waals surface area (Å²) in [5.74, 6) is 0.483. The van der Waals surface area contributed by atoms with Crippen LogP contribution in [0.3, 0.4) is 0 Å². The lowest BCUT2D eigenvalue weighted by Gasteiger charge is -2.30. The molecular weight excluding hydrogens is 176 g/mol. The molecule has 1 saturated carbocycles. The molecule has 0 bridgehead atoms. The molecule has 1 N–H and O–H groups in total. The lowest BCUT2D eigenvalue weighted by Crippen LogP contribution is -2.28. The topological polar surface area (TPSA) is 54.4 Å². The van der Waals surface area contributed by atoms with Crippen LogP contribution < -0.4 is 0 Å². The summed E-state index contributed by atoms with van der Waals surface area (Å²) in [5, 5.41) is 9.47. The molecule has 3 nitrogen and oxygen atoms in total. The number of aliphatic hydroxyl groups excluding tert-OH is 1. The van der Waals surface area contributed by atoms with Gasteiger partial charge in [0, 0.05) is 6.26 Å². The van der Waals surface area contributed by atoms with E-state index in [1.807, 2.05) is 0 Å². The fraction of sp³-hybridized carbons (Fsp3) is 1.00. The maximum absolute atomic E-state index is 10.8. The summed E-state index contributed by atoms with van der Waals surface area (Å²) in [6.07, 6.45) is 4.52. The van der Waals surface area contributed by atoms with Gasteiger partial charge in [-0.05, 0) is 25.2 Å². The predicted molar refractivity (Wildman–Crippen MR) is 47.7 cm³/mol. The molecule has 0 aromatic rings. The standard InChI is InChI=1S/C8H16O3S/c1-12(10,11)6-5-8(9)7-3-2-4-7/h7-9H,2-6H2,1H3. The van der Waals surface area contributed by atoms with E-state index in [-0.39, 0.29) is 5.75 Å². The van der Waals surface area contributed by atoms with Crippen LogP contribution in [0.25, 0.3) is 0 Å². The Morgan fingerprint density at radius 1 is 1.50 bits per heavy atom. The van der Waals surface area contributed by atoms with E-state index in [1.54, 1.807) is 0 Å². The van der Waals surface area contributed by atoms with E-state index in [9.17, 15) is 13.5 Å². The highest BCUT2D eigenvalue weighted by atomic mass is 32.2. The van der Waals surface area contributed by atoms with E-state index in [2.05, 4.69) is 0 Å². The third-order valence-corrected chi connectivity index (χ3v) is 3.46. The van der Waals surface area contributed by atoms with Crippen LogP contribution in [-0.4, -0.2) is 31.6 Å². The highest BCUT2D eigenvalue weighted by Crippen LogP contribution is 2.30. The van der Waals surface area contributed by atoms with Gasteiger partial charge in [0.2, 0.25) is 0 Å². The van der Waals surface area contributed by atoms with Gasteiger partial charge in [0.15, 0.2) is 0 Å². The van der Waals surface area contributed by atoms with Crippen molar-refractivity contribution >= 4 is 9.84 Å². The Kier molecular flexibility index (Phi) is 3.12. The average molecular weight is 192 g/mol. The normalized spacial score (nSPS) is 21.8. The van der Waals surface area contributed by atoms with Gasteiger partial charge in [-0.2, -0.15) is 0 Å². The minimum absolute atomic E-state index is 0.116. The number of hydrogen-bond donors (Lipinski definition) is 1. The molecular formula is C8H16O3S. The smallest absolute Gasteiger partial charge is 0.147 e. The Morgan fingerprint density at radius 3 is 2.42 bits per heavy atom. The highest BCUT2D eigenvalue weighted by molar-refractivity contribution is 7.90. The van der Waals surface area contributed by atoms with Crippen molar-refractivity contribution in [3.05, 3.63) is 0 Å². The van der Waals surface area contributed by atoms with Gasteiger partial charge < -0.3 is 5.11 Å². The second-order valence-corrected chi connectivity index (χ2v) is 5.94. The summed E-state index contributed by atoms with van der Waals surface area (Å²) in [6.45, 7) is 0. The van der Waals surface area contributed by atoms with Crippen molar-refractivity contribution in [1.82, 2.24) is 0 Å². The van der Waals surface area contributed by atoms with Crippen LogP contribution in [0.4, 0.5) is 0 Å². The fourth-order valence-electron chi connectivity index (χ4n) is 1.40. The average Bonchev–Trinajstić information content (AvgIpc) is 1.78. The van der Waals surface area contributed by atoms with Crippen molar-refractivity contribution < 1.29 is 13.5 Å². The maximum Gasteiger partial charge on any atom is 0.147 e. The van der Waals surface area contributed by atoms with Gasteiger partial charge in [-0.3, -0.25) is 0 Å². The molecule has 1 unspecified atom stereocenters. The van der Waals surface area contributed by atoms with E-state index in [0.29, 0.717) is 12.3 Å². The minimum atomic E-state index is -2.90. The van der Waals surface area contributed by atoms with Gasteiger partial charge in [-0.25, -0.2) is 8.42 Å². The van der Waals surface area contributed by atoms with Crippen LogP contribution in [0.2, 0.25) is 0 Å². The van der Waals surface area contributed by atoms with Gasteiger partial charge in [-0.15, -0.1) is 0 Å². The molecule has 0 aliphatic heterocycles. The van der Waals surface area contributed by atoms with Crippen molar-refractivity contribution in [2.75, 3.05) is 12.0 Å². The zero-order valence-corrected chi connectivity index (χ0v) is 8.18. The van der Waals surface area contributed by atoms with E-state index in [0.717, 1.165) is 12.8 Å². The van der Waals surface area contributed by atoms with E-state index in [4.69, 9.17) is 0 Å². The Bertz CT molecular complexity index is 229. The van der Waals surface area contributed by atoms with Gasteiger partial charge >= 0.3 is 0 Å². The van der Waals surface area contributed by atoms with Crippen molar-refractivity contribution in [1.29, 1.82) is 0 Å². The predicted octanol–water partition coefficient (Wildman–Crippen LogP) is 0.582. The van der Waals surface area contributed by atoms with Crippen LogP contribution in [0.1, 0.15) is 25.7 Å². The van der Waals surface area contributed by atoms with E-state index in [1.165, 1.54) is 12.7 Å². The molecule has 1 atom stereocenters. The largest absolute Gasteiger partial charge is 0.393 e. The maximum atomic E-state index is 10.8. The molecule has 0 heterocycles. The summed E-state index contributed by atoms with van der Waals surface area (Å²) in [4.78, 5) is 0. The first-order valence-electron chi connectivity index (χ1n) is 4.35. The Balaban J connectivity index is 2.22. The molecule has 1 rings (SSSR count). The molecule has 1 fully saturated rings. The lowest BCUT2D eigenvalue weighted by atomic mass is 9.80. The van der Waals surface area contributed by atoms with Crippen molar-refractivity contribution in [2.24, 2.45) is 5.92 Å². The van der Waals surface area contributed by atoms with Gasteiger partial charge in [0.05, 0.1) is 11.9 Å². The molecule has 72 valence electrons. The van der Waals surface area contributed by atoms with Gasteiger partial charge in [0.25, 0.3) is 0 Å². The van der Waals surface area contributed by atoms with Crippen LogP contribution in [0, 0.1) is 5.92 Å². The minimum Gasteiger partial charge on any atom is -0.393 e. The second kappa shape index (κ2) is 3.75. The van der Waals surface area contributed by atoms with Crippen molar-refractivity contribution in [3.8, 4) is 0 Å². The van der Waals surface area contributed by atoms with Crippen molar-refractivity contribution in [2.45, 2.75) is 31.8 Å². The number of aliphatic hydroxyl groups is 1. The molecule has 1 aliphatic carbocycles. The zero-order valence-electron chi connectivity index (χ0n) is 7.36. The highest BCUT2D eigenvalue weighted by Gasteiger charge is 2.25. The molecule has 0 amide bonds. The summed E-state index contributed by atoms with van der Waals surface area (Å²) >= 11 is 0. The van der Waals surface area contributed by atoms with Crippen molar-refractivity contribution in [3.63, 3.8) is 0 Å². The second-order valence-electron chi connectivity index (χ2n) is 3.68. The lowest BCUT2D eigenvalue weighted by molar-refractivity contribution is 0.0603. The summed E-state index contributed by atoms with van der Waals surface area (Å²) in [5.41, 5.74) is 0. The molecule has 0 aromatic carbocycles. The van der Waals surface area contributed by atoms with Crippen LogP contribution in [0.15, 0.2) is 0 Å². The quantitative estimate of drug-likeness (QED) is 0.709. The monoisotopic (exact) mass is 192 g/mol. The van der Waals surface area contributed by atoms with E-state index < -0.39 is 15.9 Å². The third kappa shape index (κ3) is 3.11. The molecule has 0 aromatic heterocycles. The fourth-order valence-corrected chi connectivity index (χ4v) is 2.06. The van der Waals surface area contributed by atoms with Gasteiger partial charge in [-0.1, -0.05) is 6.42 Å². The summed E-state index contributed by atoms with van der Waals surface area (Å²) in [6, 6.07) is 0. The molecule has 0 radical (unpaired) electrons. The molecule has 0 saturated heterocycles. The van der Waals surface area contributed by atoms with Crippen LogP contribution >= 0.6 is 0 Å². The number of sulfone groups is 1. The third-order valence-electron chi connectivity index (χ3n) is 2.48. The van der Waals surface area contributed by atoms with Gasteiger partial charge in [0.1, 0.15) is 9.84 Å².